The van der Waals surface area contributed by atoms with E-state index in [0.717, 1.165) is 26.1 Å². The molecule has 0 aliphatic carbocycles. The van der Waals surface area contributed by atoms with Gasteiger partial charge in [-0.2, -0.15) is 0 Å². The van der Waals surface area contributed by atoms with Crippen LogP contribution >= 0.6 is 0 Å². The minimum Gasteiger partial charge on any atom is -0.277 e. The van der Waals surface area contributed by atoms with Crippen molar-refractivity contribution in [1.82, 2.24) is 5.64 Å². The summed E-state index contributed by atoms with van der Waals surface area (Å²) in [6.45, 7) is 6.07. The minimum atomic E-state index is 0.758. The molecule has 3 nitrogen and oxygen atoms in total. The Kier molecular flexibility index (Phi) is 25.8. The van der Waals surface area contributed by atoms with Crippen molar-refractivity contribution in [2.45, 2.75) is 142 Å². The summed E-state index contributed by atoms with van der Waals surface area (Å²) in [5, 5.41) is 0. The summed E-state index contributed by atoms with van der Waals surface area (Å²) in [7, 11) is 0. The van der Waals surface area contributed by atoms with E-state index in [9.17, 15) is 0 Å². The lowest BCUT2D eigenvalue weighted by molar-refractivity contribution is -0.171. The summed E-state index contributed by atoms with van der Waals surface area (Å²) in [5.41, 5.74) is 2.65. The van der Waals surface area contributed by atoms with Gasteiger partial charge in [0.1, 0.15) is 0 Å². The number of hydrogen-bond acceptors (Lipinski definition) is 3. The van der Waals surface area contributed by atoms with E-state index in [2.05, 4.69) is 19.5 Å². The summed E-state index contributed by atoms with van der Waals surface area (Å²) in [6.07, 6.45) is 27.1. The fourth-order valence-electron chi connectivity index (χ4n) is 3.45. The highest BCUT2D eigenvalue weighted by atomic mass is 16.9. The molecule has 0 aromatic heterocycles. The summed E-state index contributed by atoms with van der Waals surface area (Å²) >= 11 is 0. The van der Waals surface area contributed by atoms with Crippen molar-refractivity contribution in [3.8, 4) is 0 Å². The van der Waals surface area contributed by atoms with E-state index in [1.807, 2.05) is 0 Å². The fourth-order valence-corrected chi connectivity index (χ4v) is 3.45. The van der Waals surface area contributed by atoms with Crippen molar-refractivity contribution in [2.75, 3.05) is 13.2 Å². The second-order valence-electron chi connectivity index (χ2n) is 8.14. The van der Waals surface area contributed by atoms with Gasteiger partial charge in [0.25, 0.3) is 0 Å². The van der Waals surface area contributed by atoms with Crippen LogP contribution in [-0.2, 0) is 9.68 Å². The zero-order valence-electron chi connectivity index (χ0n) is 18.9. The van der Waals surface area contributed by atoms with Gasteiger partial charge in [0.15, 0.2) is 0 Å². The van der Waals surface area contributed by atoms with E-state index < -0.39 is 0 Å². The molecule has 0 rings (SSSR count). The van der Waals surface area contributed by atoms with Gasteiger partial charge in [-0.05, 0) is 12.8 Å². The molecule has 1 N–H and O–H groups in total. The van der Waals surface area contributed by atoms with Gasteiger partial charge in [0, 0.05) is 0 Å². The third kappa shape index (κ3) is 25.9. The lowest BCUT2D eigenvalue weighted by atomic mass is 10.1. The zero-order valence-corrected chi connectivity index (χ0v) is 18.9. The smallest absolute Gasteiger partial charge is 0.0709 e. The average molecular weight is 386 g/mol. The van der Waals surface area contributed by atoms with Crippen molar-refractivity contribution in [3.05, 3.63) is 0 Å². The van der Waals surface area contributed by atoms with Crippen molar-refractivity contribution in [3.63, 3.8) is 0 Å². The molecule has 0 bridgehead atoms. The lowest BCUT2D eigenvalue weighted by Gasteiger charge is -2.06. The van der Waals surface area contributed by atoms with Crippen molar-refractivity contribution < 1.29 is 9.68 Å². The zero-order chi connectivity index (χ0) is 19.7. The first kappa shape index (κ1) is 26.9. The fraction of sp³-hybridized carbons (Fsp3) is 1.00. The SMILES string of the molecule is CCCCCCCCCCCCONOCCCCCCCCCCCC. The van der Waals surface area contributed by atoms with Gasteiger partial charge in [-0.15, -0.1) is 0 Å². The Labute approximate surface area is 171 Å². The van der Waals surface area contributed by atoms with Crippen LogP contribution < -0.4 is 5.64 Å². The first-order chi connectivity index (χ1) is 13.4. The van der Waals surface area contributed by atoms with E-state index in [0.29, 0.717) is 0 Å². The van der Waals surface area contributed by atoms with E-state index >= 15 is 0 Å². The van der Waals surface area contributed by atoms with E-state index in [1.54, 1.807) is 0 Å². The van der Waals surface area contributed by atoms with Crippen molar-refractivity contribution >= 4 is 0 Å². The van der Waals surface area contributed by atoms with E-state index in [-0.39, 0.29) is 0 Å². The number of nitrogens with one attached hydrogen (secondary N) is 1. The van der Waals surface area contributed by atoms with Crippen LogP contribution in [0.25, 0.3) is 0 Å². The Morgan fingerprint density at radius 2 is 0.630 bits per heavy atom. The molecule has 0 saturated heterocycles. The van der Waals surface area contributed by atoms with Gasteiger partial charge >= 0.3 is 0 Å². The predicted molar refractivity (Wildman–Crippen MR) is 119 cm³/mol. The van der Waals surface area contributed by atoms with E-state index in [4.69, 9.17) is 9.68 Å². The van der Waals surface area contributed by atoms with Gasteiger partial charge in [-0.25, -0.2) is 0 Å². The molecular weight excluding hydrogens is 334 g/mol. The summed E-state index contributed by atoms with van der Waals surface area (Å²) in [4.78, 5) is 10.7. The van der Waals surface area contributed by atoms with Gasteiger partial charge in [-0.3, -0.25) is 9.68 Å². The van der Waals surface area contributed by atoms with Gasteiger partial charge in [-0.1, -0.05) is 135 Å². The molecule has 0 heterocycles. The normalized spacial score (nSPS) is 11.3. The highest BCUT2D eigenvalue weighted by Gasteiger charge is 1.95. The Bertz CT molecular complexity index is 225. The van der Waals surface area contributed by atoms with Crippen molar-refractivity contribution in [1.29, 1.82) is 0 Å². The Hall–Kier alpha value is -0.120. The molecule has 0 aliphatic heterocycles. The number of unbranched alkanes of at least 4 members (excludes halogenated alkanes) is 18. The molecule has 0 amide bonds. The molecule has 164 valence electrons. The molecule has 0 aromatic rings. The van der Waals surface area contributed by atoms with Crippen LogP contribution in [0, 0.1) is 0 Å². The third-order valence-electron chi connectivity index (χ3n) is 5.32. The maximum atomic E-state index is 5.33. The standard InChI is InChI=1S/C24H51NO2/c1-3-5-7-9-11-13-15-17-19-21-23-26-25-27-24-22-20-18-16-14-12-10-8-6-4-2/h25H,3-24H2,1-2H3. The molecule has 0 atom stereocenters. The second kappa shape index (κ2) is 25.9. The predicted octanol–water partition coefficient (Wildman–Crippen LogP) is 8.28. The second-order valence-corrected chi connectivity index (χ2v) is 8.14. The lowest BCUT2D eigenvalue weighted by Crippen LogP contribution is -2.16. The maximum absolute atomic E-state index is 5.33. The Balaban J connectivity index is 2.95. The monoisotopic (exact) mass is 385 g/mol. The van der Waals surface area contributed by atoms with Crippen LogP contribution in [0.5, 0.6) is 0 Å². The first-order valence-electron chi connectivity index (χ1n) is 12.4. The topological polar surface area (TPSA) is 30.5 Å². The maximum Gasteiger partial charge on any atom is 0.0709 e. The van der Waals surface area contributed by atoms with Gasteiger partial charge in [0.05, 0.1) is 13.2 Å². The molecule has 27 heavy (non-hydrogen) atoms. The van der Waals surface area contributed by atoms with Crippen LogP contribution in [0.4, 0.5) is 0 Å². The molecule has 0 radical (unpaired) electrons. The summed E-state index contributed by atoms with van der Waals surface area (Å²) in [5.74, 6) is 0. The first-order valence-corrected chi connectivity index (χ1v) is 12.4. The molecular formula is C24H51NO2. The minimum absolute atomic E-state index is 0.758. The van der Waals surface area contributed by atoms with Crippen LogP contribution in [0.1, 0.15) is 142 Å². The molecule has 3 heteroatoms. The largest absolute Gasteiger partial charge is 0.277 e. The Morgan fingerprint density at radius 1 is 0.370 bits per heavy atom. The summed E-state index contributed by atoms with van der Waals surface area (Å²) in [6, 6.07) is 0. The Morgan fingerprint density at radius 3 is 0.926 bits per heavy atom. The average Bonchev–Trinajstić information content (AvgIpc) is 2.68. The quantitative estimate of drug-likeness (QED) is 0.134. The van der Waals surface area contributed by atoms with E-state index in [1.165, 1.54) is 116 Å². The molecule has 0 fully saturated rings. The molecule has 0 spiro atoms. The van der Waals surface area contributed by atoms with Crippen LogP contribution in [0.3, 0.4) is 0 Å². The molecule has 0 saturated carbocycles. The van der Waals surface area contributed by atoms with Gasteiger partial charge < -0.3 is 0 Å². The molecule has 0 aliphatic rings. The highest BCUT2D eigenvalue weighted by Crippen LogP contribution is 2.11. The van der Waals surface area contributed by atoms with Crippen LogP contribution in [0.2, 0.25) is 0 Å². The highest BCUT2D eigenvalue weighted by molar-refractivity contribution is 4.48. The van der Waals surface area contributed by atoms with Crippen LogP contribution in [-0.4, -0.2) is 13.2 Å². The number of hydrogen-bond donors (Lipinski definition) is 1. The molecule has 0 unspecified atom stereocenters. The van der Waals surface area contributed by atoms with Crippen molar-refractivity contribution in [2.24, 2.45) is 0 Å². The third-order valence-corrected chi connectivity index (χ3v) is 5.32. The molecule has 0 aromatic carbocycles. The number of rotatable bonds is 24. The van der Waals surface area contributed by atoms with Crippen LogP contribution in [0.15, 0.2) is 0 Å². The summed E-state index contributed by atoms with van der Waals surface area (Å²) < 4.78 is 0. The van der Waals surface area contributed by atoms with Gasteiger partial charge in [0.2, 0.25) is 0 Å².